The molecule has 2 aromatic rings. The Bertz CT molecular complexity index is 1180. The maximum atomic E-state index is 13.3. The number of aliphatic carboxylic acids is 1. The number of hydrogen-bond acceptors (Lipinski definition) is 7. The molecule has 9 nitrogen and oxygen atoms in total. The Labute approximate surface area is 215 Å². The molecule has 2 aliphatic rings. The predicted octanol–water partition coefficient (Wildman–Crippen LogP) is 0.933. The first-order valence-corrected chi connectivity index (χ1v) is 11.8. The van der Waals surface area contributed by atoms with Gasteiger partial charge in [-0.2, -0.15) is 13.2 Å². The maximum Gasteiger partial charge on any atom is 0.430 e. The fourth-order valence-electron chi connectivity index (χ4n) is 4.45. The highest BCUT2D eigenvalue weighted by atomic mass is 35.5. The van der Waals surface area contributed by atoms with E-state index >= 15 is 0 Å². The number of alkyl halides is 3. The molecule has 0 bridgehead atoms. The number of rotatable bonds is 5. The lowest BCUT2D eigenvalue weighted by Crippen LogP contribution is -2.52. The van der Waals surface area contributed by atoms with Crippen molar-refractivity contribution in [2.75, 3.05) is 6.54 Å². The minimum absolute atomic E-state index is 0.239. The molecule has 0 radical (unpaired) electrons. The van der Waals surface area contributed by atoms with E-state index in [-0.39, 0.29) is 18.9 Å². The predicted molar refractivity (Wildman–Crippen MR) is 123 cm³/mol. The molecule has 13 heteroatoms. The molecule has 1 aromatic carbocycles. The number of aryl methyl sites for hydroxylation is 1. The lowest BCUT2D eigenvalue weighted by Gasteiger charge is -2.32. The zero-order chi connectivity index (χ0) is 27.4. The molecule has 1 saturated heterocycles. The Morgan fingerprint density at radius 1 is 1.27 bits per heavy atom. The van der Waals surface area contributed by atoms with Crippen LogP contribution in [0, 0.1) is 0 Å². The second kappa shape index (κ2) is 11.4. The van der Waals surface area contributed by atoms with E-state index in [1.165, 1.54) is 4.90 Å². The highest BCUT2D eigenvalue weighted by molar-refractivity contribution is 6.30. The standard InChI is InChI=1S/C22H25ClN4O3.C2HF3O2/c23-16-6-5-14(12-24)15(11-16)13-26-20(28)19-4-2-10-27(19)21(29)22(30)8-7-18-17(22)3-1-9-25-18;3-2(4,5)1(6)7/h1,3,5-6,9,11,19,30H,2,4,7-8,10,12-13,24H2,(H,26,28);(H,6,7)/p-1/t19-,22?;/m0./s1. The third kappa shape index (κ3) is 6.38. The number of hydrogen-bond donors (Lipinski definition) is 3. The van der Waals surface area contributed by atoms with Gasteiger partial charge in [0.05, 0.1) is 0 Å². The van der Waals surface area contributed by atoms with Gasteiger partial charge in [-0.25, -0.2) is 0 Å². The average Bonchev–Trinajstić information content (AvgIpc) is 3.48. The number of aliphatic hydroxyl groups is 1. The van der Waals surface area contributed by atoms with Crippen LogP contribution < -0.4 is 16.2 Å². The number of benzene rings is 1. The molecular formula is C24H25ClF3N4O5-. The number of nitrogens with two attached hydrogens (primary N) is 1. The quantitative estimate of drug-likeness (QED) is 0.510. The van der Waals surface area contributed by atoms with Gasteiger partial charge in [-0.1, -0.05) is 23.7 Å². The highest BCUT2D eigenvalue weighted by Gasteiger charge is 2.49. The van der Waals surface area contributed by atoms with Gasteiger partial charge >= 0.3 is 6.18 Å². The number of carboxylic acids is 1. The van der Waals surface area contributed by atoms with Crippen molar-refractivity contribution >= 4 is 29.4 Å². The van der Waals surface area contributed by atoms with Gasteiger partial charge in [-0.15, -0.1) is 0 Å². The number of pyridine rings is 1. The normalized spacial score (nSPS) is 20.6. The molecule has 2 amide bonds. The molecule has 1 aliphatic carbocycles. The Morgan fingerprint density at radius 3 is 2.62 bits per heavy atom. The molecule has 0 spiro atoms. The second-order valence-corrected chi connectivity index (χ2v) is 9.07. The summed E-state index contributed by atoms with van der Waals surface area (Å²) in [4.78, 5) is 40.8. The first-order valence-electron chi connectivity index (χ1n) is 11.4. The van der Waals surface area contributed by atoms with Gasteiger partial charge < -0.3 is 31.0 Å². The number of carboxylic acid groups (broad SMARTS) is 1. The minimum Gasteiger partial charge on any atom is -0.542 e. The largest absolute Gasteiger partial charge is 0.542 e. The molecule has 1 aliphatic heterocycles. The SMILES string of the molecule is NCc1ccc(Cl)cc1CNC(=O)[C@@H]1CCCN1C(=O)C1(O)CCc2ncccc21.O=C([O-])C(F)(F)F. The number of nitrogens with zero attached hydrogens (tertiary/aromatic N) is 2. The smallest absolute Gasteiger partial charge is 0.430 e. The minimum atomic E-state index is -5.19. The summed E-state index contributed by atoms with van der Waals surface area (Å²) >= 11 is 6.07. The van der Waals surface area contributed by atoms with E-state index in [1.807, 2.05) is 6.07 Å². The molecule has 1 unspecified atom stereocenters. The molecular weight excluding hydrogens is 517 g/mol. The van der Waals surface area contributed by atoms with Crippen molar-refractivity contribution in [2.45, 2.75) is 56.6 Å². The Hall–Kier alpha value is -3.22. The van der Waals surface area contributed by atoms with Crippen LogP contribution in [0.2, 0.25) is 5.02 Å². The van der Waals surface area contributed by atoms with E-state index < -0.39 is 29.7 Å². The van der Waals surface area contributed by atoms with Gasteiger partial charge in [0.15, 0.2) is 5.60 Å². The number of fused-ring (bicyclic) bond motifs is 1. The van der Waals surface area contributed by atoms with Gasteiger partial charge in [-0.05, 0) is 55.0 Å². The van der Waals surface area contributed by atoms with Crippen LogP contribution in [0.1, 0.15) is 41.6 Å². The van der Waals surface area contributed by atoms with Crippen molar-refractivity contribution in [3.05, 3.63) is 63.9 Å². The van der Waals surface area contributed by atoms with E-state index in [0.29, 0.717) is 42.9 Å². The van der Waals surface area contributed by atoms with Gasteiger partial charge in [0.25, 0.3) is 5.91 Å². The molecule has 4 N–H and O–H groups in total. The topological polar surface area (TPSA) is 149 Å². The van der Waals surface area contributed by atoms with Crippen LogP contribution in [0.3, 0.4) is 0 Å². The summed E-state index contributed by atoms with van der Waals surface area (Å²) in [5.41, 5.74) is 7.20. The number of halogens is 4. The summed E-state index contributed by atoms with van der Waals surface area (Å²) < 4.78 is 31.5. The van der Waals surface area contributed by atoms with Crippen LogP contribution in [-0.4, -0.2) is 51.5 Å². The molecule has 4 rings (SSSR count). The van der Waals surface area contributed by atoms with Crippen LogP contribution in [0.5, 0.6) is 0 Å². The zero-order valence-corrected chi connectivity index (χ0v) is 20.3. The van der Waals surface area contributed by atoms with E-state index in [4.69, 9.17) is 27.2 Å². The number of carbonyl (C=O) groups is 3. The second-order valence-electron chi connectivity index (χ2n) is 8.63. The van der Waals surface area contributed by atoms with Crippen LogP contribution in [0.15, 0.2) is 36.5 Å². The Morgan fingerprint density at radius 2 is 1.97 bits per heavy atom. The Kier molecular flexibility index (Phi) is 8.77. The molecule has 2 atom stereocenters. The molecule has 0 saturated carbocycles. The summed E-state index contributed by atoms with van der Waals surface area (Å²) in [6, 6.07) is 8.25. The summed E-state index contributed by atoms with van der Waals surface area (Å²) in [5, 5.41) is 23.5. The van der Waals surface area contributed by atoms with E-state index in [0.717, 1.165) is 16.8 Å². The average molecular weight is 542 g/mol. The first-order chi connectivity index (χ1) is 17.4. The summed E-state index contributed by atoms with van der Waals surface area (Å²) in [5.74, 6) is -3.67. The highest BCUT2D eigenvalue weighted by Crippen LogP contribution is 2.38. The van der Waals surface area contributed by atoms with Crippen LogP contribution in [0.25, 0.3) is 0 Å². The van der Waals surface area contributed by atoms with E-state index in [2.05, 4.69) is 10.3 Å². The van der Waals surface area contributed by atoms with Crippen molar-refractivity contribution in [1.29, 1.82) is 0 Å². The van der Waals surface area contributed by atoms with Crippen molar-refractivity contribution in [1.82, 2.24) is 15.2 Å². The van der Waals surface area contributed by atoms with Crippen LogP contribution in [-0.2, 0) is 39.5 Å². The third-order valence-corrected chi connectivity index (χ3v) is 6.54. The summed E-state index contributed by atoms with van der Waals surface area (Å²) in [7, 11) is 0. The molecule has 1 aromatic heterocycles. The summed E-state index contributed by atoms with van der Waals surface area (Å²) in [6.45, 7) is 1.07. The summed E-state index contributed by atoms with van der Waals surface area (Å²) in [6.07, 6.45) is -1.43. The number of aromatic nitrogens is 1. The van der Waals surface area contributed by atoms with Crippen molar-refractivity contribution < 1.29 is 37.8 Å². The van der Waals surface area contributed by atoms with Crippen LogP contribution in [0.4, 0.5) is 13.2 Å². The van der Waals surface area contributed by atoms with Gasteiger partial charge in [0, 0.05) is 42.1 Å². The van der Waals surface area contributed by atoms with Crippen molar-refractivity contribution in [3.63, 3.8) is 0 Å². The molecule has 2 heterocycles. The van der Waals surface area contributed by atoms with Crippen LogP contribution >= 0.6 is 11.6 Å². The molecule has 1 fully saturated rings. The molecule has 200 valence electrons. The monoisotopic (exact) mass is 541 g/mol. The number of nitrogens with one attached hydrogen (secondary N) is 1. The molecule has 37 heavy (non-hydrogen) atoms. The number of likely N-dealkylation sites (tertiary alicyclic amines) is 1. The lowest BCUT2D eigenvalue weighted by molar-refractivity contribution is -0.344. The van der Waals surface area contributed by atoms with Gasteiger partial charge in [-0.3, -0.25) is 14.6 Å². The third-order valence-electron chi connectivity index (χ3n) is 6.30. The van der Waals surface area contributed by atoms with Crippen molar-refractivity contribution in [2.24, 2.45) is 5.73 Å². The van der Waals surface area contributed by atoms with Crippen molar-refractivity contribution in [3.8, 4) is 0 Å². The maximum absolute atomic E-state index is 13.3. The van der Waals surface area contributed by atoms with E-state index in [9.17, 15) is 27.9 Å². The first kappa shape index (κ1) is 28.4. The van der Waals surface area contributed by atoms with Gasteiger partial charge in [0.2, 0.25) is 5.91 Å². The van der Waals surface area contributed by atoms with Gasteiger partial charge in [0.1, 0.15) is 12.0 Å². The fourth-order valence-corrected chi connectivity index (χ4v) is 4.64. The number of carbonyl (C=O) groups excluding carboxylic acids is 3. The zero-order valence-electron chi connectivity index (χ0n) is 19.6. The van der Waals surface area contributed by atoms with E-state index in [1.54, 1.807) is 30.5 Å². The number of amides is 2. The lowest BCUT2D eigenvalue weighted by atomic mass is 9.95. The fraction of sp³-hybridized carbons (Fsp3) is 0.417. The Balaban J connectivity index is 0.000000479.